The Bertz CT molecular complexity index is 573. The summed E-state index contributed by atoms with van der Waals surface area (Å²) in [5.74, 6) is -0.273. The van der Waals surface area contributed by atoms with Gasteiger partial charge in [0, 0.05) is 37.8 Å². The maximum Gasteiger partial charge on any atom is 0.150 e. The Labute approximate surface area is 123 Å². The van der Waals surface area contributed by atoms with E-state index in [0.717, 1.165) is 19.6 Å². The Hall–Kier alpha value is -1.68. The smallest absolute Gasteiger partial charge is 0.150 e. The van der Waals surface area contributed by atoms with Crippen LogP contribution in [0.4, 0.5) is 4.39 Å². The Balaban J connectivity index is 1.86. The highest BCUT2D eigenvalue weighted by Crippen LogP contribution is 2.32. The highest BCUT2D eigenvalue weighted by atomic mass is 19.1. The first-order valence-electron chi connectivity index (χ1n) is 7.07. The first kappa shape index (κ1) is 14.3. The van der Waals surface area contributed by atoms with E-state index in [4.69, 9.17) is 14.7 Å². The van der Waals surface area contributed by atoms with Gasteiger partial charge in [0.25, 0.3) is 0 Å². The van der Waals surface area contributed by atoms with E-state index >= 15 is 0 Å². The van der Waals surface area contributed by atoms with Crippen LogP contribution in [-0.2, 0) is 4.74 Å². The third kappa shape index (κ3) is 2.60. The third-order valence-corrected chi connectivity index (χ3v) is 4.17. The molecule has 0 amide bonds. The summed E-state index contributed by atoms with van der Waals surface area (Å²) >= 11 is 0. The summed E-state index contributed by atoms with van der Waals surface area (Å²) in [5, 5.41) is 12.4. The molecule has 0 radical (unpaired) electrons. The number of benzene rings is 1. The minimum atomic E-state index is -0.532. The molecule has 0 aromatic heterocycles. The number of nitrogens with zero attached hydrogens (tertiary/aromatic N) is 2. The van der Waals surface area contributed by atoms with Crippen LogP contribution in [0.5, 0.6) is 5.75 Å². The fourth-order valence-electron chi connectivity index (χ4n) is 2.99. The zero-order chi connectivity index (χ0) is 14.8. The van der Waals surface area contributed by atoms with Gasteiger partial charge in [-0.1, -0.05) is 0 Å². The summed E-state index contributed by atoms with van der Waals surface area (Å²) in [6, 6.07) is 5.51. The molecule has 2 saturated heterocycles. The van der Waals surface area contributed by atoms with Gasteiger partial charge in [0.05, 0.1) is 19.8 Å². The summed E-state index contributed by atoms with van der Waals surface area (Å²) < 4.78 is 25.4. The third-order valence-electron chi connectivity index (χ3n) is 4.17. The minimum absolute atomic E-state index is 0.0546. The number of methoxy groups -OCH3 is 1. The first-order chi connectivity index (χ1) is 10.2. The van der Waals surface area contributed by atoms with E-state index in [-0.39, 0.29) is 17.4 Å². The zero-order valence-electron chi connectivity index (χ0n) is 11.9. The molecule has 1 aromatic carbocycles. The van der Waals surface area contributed by atoms with E-state index in [1.165, 1.54) is 7.11 Å². The number of morpholine rings is 1. The van der Waals surface area contributed by atoms with E-state index in [2.05, 4.69) is 10.2 Å². The normalized spacial score (nSPS) is 26.0. The molecule has 1 N–H and O–H groups in total. The van der Waals surface area contributed by atoms with Crippen molar-refractivity contribution in [3.8, 4) is 11.8 Å². The van der Waals surface area contributed by atoms with Crippen molar-refractivity contribution in [3.63, 3.8) is 0 Å². The molecule has 2 atom stereocenters. The van der Waals surface area contributed by atoms with Crippen LogP contribution in [0.1, 0.15) is 17.2 Å². The van der Waals surface area contributed by atoms with Crippen molar-refractivity contribution in [2.45, 2.75) is 12.1 Å². The molecule has 0 saturated carbocycles. The molecule has 3 rings (SSSR count). The number of rotatable bonds is 2. The van der Waals surface area contributed by atoms with Crippen molar-refractivity contribution in [1.29, 1.82) is 5.26 Å². The van der Waals surface area contributed by atoms with Crippen LogP contribution in [0.15, 0.2) is 12.1 Å². The number of nitriles is 1. The Morgan fingerprint density at radius 2 is 2.38 bits per heavy atom. The number of ether oxygens (including phenoxy) is 2. The van der Waals surface area contributed by atoms with E-state index < -0.39 is 5.82 Å². The Morgan fingerprint density at radius 1 is 1.52 bits per heavy atom. The second-order valence-corrected chi connectivity index (χ2v) is 5.33. The van der Waals surface area contributed by atoms with E-state index in [0.29, 0.717) is 24.8 Å². The summed E-state index contributed by atoms with van der Waals surface area (Å²) in [4.78, 5) is 2.32. The van der Waals surface area contributed by atoms with Crippen LogP contribution >= 0.6 is 0 Å². The Kier molecular flexibility index (Phi) is 4.06. The topological polar surface area (TPSA) is 57.5 Å². The maximum atomic E-state index is 14.5. The van der Waals surface area contributed by atoms with Crippen LogP contribution in [0, 0.1) is 17.1 Å². The lowest BCUT2D eigenvalue weighted by molar-refractivity contribution is -0.0729. The lowest BCUT2D eigenvalue weighted by atomic mass is 10.0. The lowest BCUT2D eigenvalue weighted by Crippen LogP contribution is -2.57. The molecular weight excluding hydrogens is 273 g/mol. The lowest BCUT2D eigenvalue weighted by Gasteiger charge is -2.42. The van der Waals surface area contributed by atoms with Gasteiger partial charge in [0.15, 0.2) is 5.82 Å². The van der Waals surface area contributed by atoms with Gasteiger partial charge in [-0.2, -0.15) is 5.26 Å². The summed E-state index contributed by atoms with van der Waals surface area (Å²) in [7, 11) is 1.43. The second kappa shape index (κ2) is 5.98. The standard InChI is InChI=1S/C15H18FN3O2/c1-20-13-3-2-11(15(16)12(13)6-17)14-8-19-5-4-18-7-10(19)9-21-14/h2-3,10,14,18H,4-5,7-9H2,1H3. The molecule has 0 aliphatic carbocycles. The largest absolute Gasteiger partial charge is 0.495 e. The Morgan fingerprint density at radius 3 is 3.14 bits per heavy atom. The van der Waals surface area contributed by atoms with E-state index in [1.807, 2.05) is 6.07 Å². The van der Waals surface area contributed by atoms with E-state index in [1.54, 1.807) is 12.1 Å². The van der Waals surface area contributed by atoms with Crippen LogP contribution in [-0.4, -0.2) is 50.8 Å². The highest BCUT2D eigenvalue weighted by Gasteiger charge is 2.33. The predicted octanol–water partition coefficient (Wildman–Crippen LogP) is 1.05. The molecule has 0 bridgehead atoms. The number of hydrogen-bond acceptors (Lipinski definition) is 5. The second-order valence-electron chi connectivity index (χ2n) is 5.33. The van der Waals surface area contributed by atoms with Gasteiger partial charge in [0.1, 0.15) is 17.4 Å². The van der Waals surface area contributed by atoms with Crippen LogP contribution in [0.25, 0.3) is 0 Å². The van der Waals surface area contributed by atoms with Crippen LogP contribution < -0.4 is 10.1 Å². The predicted molar refractivity (Wildman–Crippen MR) is 74.6 cm³/mol. The minimum Gasteiger partial charge on any atom is -0.495 e. The quantitative estimate of drug-likeness (QED) is 0.882. The molecule has 0 spiro atoms. The molecule has 2 fully saturated rings. The van der Waals surface area contributed by atoms with Crippen molar-refractivity contribution < 1.29 is 13.9 Å². The van der Waals surface area contributed by atoms with Crippen molar-refractivity contribution in [2.24, 2.45) is 0 Å². The SMILES string of the molecule is COc1ccc(C2CN3CCNCC3CO2)c(F)c1C#N. The average Bonchev–Trinajstić information content (AvgIpc) is 2.54. The van der Waals surface area contributed by atoms with Gasteiger partial charge in [-0.05, 0) is 12.1 Å². The summed E-state index contributed by atoms with van der Waals surface area (Å²) in [6.07, 6.45) is -0.336. The number of fused-ring (bicyclic) bond motifs is 1. The van der Waals surface area contributed by atoms with Crippen molar-refractivity contribution >= 4 is 0 Å². The fraction of sp³-hybridized carbons (Fsp3) is 0.533. The van der Waals surface area contributed by atoms with E-state index in [9.17, 15) is 4.39 Å². The molecular formula is C15H18FN3O2. The average molecular weight is 291 g/mol. The zero-order valence-corrected chi connectivity index (χ0v) is 11.9. The van der Waals surface area contributed by atoms with Gasteiger partial charge < -0.3 is 14.8 Å². The van der Waals surface area contributed by atoms with Crippen molar-refractivity contribution in [1.82, 2.24) is 10.2 Å². The number of halogens is 1. The van der Waals surface area contributed by atoms with Gasteiger partial charge in [-0.15, -0.1) is 0 Å². The molecule has 2 unspecified atom stereocenters. The number of piperazine rings is 1. The highest BCUT2D eigenvalue weighted by molar-refractivity contribution is 5.47. The molecule has 5 nitrogen and oxygen atoms in total. The van der Waals surface area contributed by atoms with Gasteiger partial charge in [-0.3, -0.25) is 4.90 Å². The molecule has 2 aliphatic heterocycles. The molecule has 1 aromatic rings. The van der Waals surface area contributed by atoms with Crippen molar-refractivity contribution in [3.05, 3.63) is 29.1 Å². The molecule has 2 aliphatic rings. The van der Waals surface area contributed by atoms with Gasteiger partial charge >= 0.3 is 0 Å². The molecule has 112 valence electrons. The first-order valence-corrected chi connectivity index (χ1v) is 7.07. The monoisotopic (exact) mass is 291 g/mol. The molecule has 2 heterocycles. The van der Waals surface area contributed by atoms with Gasteiger partial charge in [0.2, 0.25) is 0 Å². The fourth-order valence-corrected chi connectivity index (χ4v) is 2.99. The van der Waals surface area contributed by atoms with Crippen LogP contribution in [0.3, 0.4) is 0 Å². The number of nitrogens with one attached hydrogen (secondary N) is 1. The number of hydrogen-bond donors (Lipinski definition) is 1. The van der Waals surface area contributed by atoms with Crippen LogP contribution in [0.2, 0.25) is 0 Å². The summed E-state index contributed by atoms with van der Waals surface area (Å²) in [5.41, 5.74) is 0.380. The van der Waals surface area contributed by atoms with Gasteiger partial charge in [-0.25, -0.2) is 4.39 Å². The van der Waals surface area contributed by atoms with Crippen molar-refractivity contribution in [2.75, 3.05) is 39.9 Å². The maximum absolute atomic E-state index is 14.5. The molecule has 21 heavy (non-hydrogen) atoms. The summed E-state index contributed by atoms with van der Waals surface area (Å²) in [6.45, 7) is 4.01. The molecule has 6 heteroatoms.